The molecule has 0 N–H and O–H groups in total. The Balaban J connectivity index is 1.03. The molecule has 0 saturated carbocycles. The predicted octanol–water partition coefficient (Wildman–Crippen LogP) is 14.5. The second kappa shape index (κ2) is 13.0. The van der Waals surface area contributed by atoms with Gasteiger partial charge in [-0.2, -0.15) is 0 Å². The van der Waals surface area contributed by atoms with E-state index in [-0.39, 0.29) is 5.41 Å². The van der Waals surface area contributed by atoms with Crippen LogP contribution >= 0.6 is 0 Å². The molecule has 0 amide bonds. The second-order valence-corrected chi connectivity index (χ2v) is 14.8. The number of anilines is 3. The highest BCUT2D eigenvalue weighted by Crippen LogP contribution is 2.65. The number of fused-ring (bicyclic) bond motifs is 6. The summed E-state index contributed by atoms with van der Waals surface area (Å²) in [6.45, 7) is 0. The molecule has 11 rings (SSSR count). The Morgan fingerprint density at radius 1 is 0.268 bits per heavy atom. The Bertz CT molecular complexity index is 2780. The first-order valence-electron chi connectivity index (χ1n) is 19.4. The van der Waals surface area contributed by atoms with E-state index in [1.807, 2.05) is 0 Å². The largest absolute Gasteiger partial charge is 0.311 e. The van der Waals surface area contributed by atoms with Crippen LogP contribution in [0.25, 0.3) is 55.6 Å². The molecule has 9 aromatic rings. The van der Waals surface area contributed by atoms with Crippen LogP contribution in [0.3, 0.4) is 0 Å². The van der Waals surface area contributed by atoms with Gasteiger partial charge >= 0.3 is 0 Å². The van der Waals surface area contributed by atoms with Crippen molar-refractivity contribution in [2.75, 3.05) is 4.90 Å². The first kappa shape index (κ1) is 32.2. The number of nitrogens with zero attached hydrogens (tertiary/aromatic N) is 1. The van der Waals surface area contributed by atoms with Crippen LogP contribution in [-0.4, -0.2) is 0 Å². The molecule has 0 aromatic heterocycles. The fourth-order valence-corrected chi connectivity index (χ4v) is 9.49. The van der Waals surface area contributed by atoms with Gasteiger partial charge in [-0.15, -0.1) is 0 Å². The zero-order valence-corrected chi connectivity index (χ0v) is 30.8. The van der Waals surface area contributed by atoms with Crippen LogP contribution in [0.2, 0.25) is 0 Å². The van der Waals surface area contributed by atoms with Crippen molar-refractivity contribution in [3.8, 4) is 55.6 Å². The molecule has 9 aromatic carbocycles. The standard InChI is InChI=1S/C55H37N/c1-4-14-38(15-5-1)40-26-32-44(33-27-40)56(45-34-28-41(29-35-45)39-16-6-2-7-17-39)46-36-30-42(31-37-46)47-21-13-25-52-53(47)50-23-12-22-49-48-20-10-11-24-51(48)55(52,54(49)50)43-18-8-3-9-19-43/h1-37H. The summed E-state index contributed by atoms with van der Waals surface area (Å²) in [6, 6.07) is 82.2. The number of rotatable bonds is 7. The lowest BCUT2D eigenvalue weighted by Crippen LogP contribution is -2.26. The summed E-state index contributed by atoms with van der Waals surface area (Å²) in [7, 11) is 0. The van der Waals surface area contributed by atoms with Gasteiger partial charge in [-0.25, -0.2) is 0 Å². The minimum absolute atomic E-state index is 0.357. The molecule has 262 valence electrons. The molecule has 0 spiro atoms. The summed E-state index contributed by atoms with van der Waals surface area (Å²) in [5, 5.41) is 0. The maximum atomic E-state index is 2.37. The van der Waals surface area contributed by atoms with E-state index in [2.05, 4.69) is 229 Å². The van der Waals surface area contributed by atoms with Crippen LogP contribution in [-0.2, 0) is 5.41 Å². The Morgan fingerprint density at radius 3 is 1.27 bits per heavy atom. The van der Waals surface area contributed by atoms with E-state index in [0.29, 0.717) is 0 Å². The van der Waals surface area contributed by atoms with E-state index < -0.39 is 0 Å². The summed E-state index contributed by atoms with van der Waals surface area (Å²) in [5.74, 6) is 0. The third kappa shape index (κ3) is 4.88. The SMILES string of the molecule is c1ccc(-c2ccc(N(c3ccc(-c4ccccc4)cc3)c3ccc(-c4cccc5c4-c4cccc6c4C5(c4ccccc4)c4ccccc4-6)cc3)cc2)cc1. The molecule has 2 aliphatic carbocycles. The Hall–Kier alpha value is -7.22. The lowest BCUT2D eigenvalue weighted by Gasteiger charge is -2.31. The van der Waals surface area contributed by atoms with Crippen molar-refractivity contribution in [1.82, 2.24) is 0 Å². The average molecular weight is 712 g/mol. The molecule has 1 unspecified atom stereocenters. The van der Waals surface area contributed by atoms with Gasteiger partial charge in [-0.1, -0.05) is 188 Å². The number of hydrogen-bond acceptors (Lipinski definition) is 1. The van der Waals surface area contributed by atoms with Crippen LogP contribution in [0.4, 0.5) is 17.1 Å². The van der Waals surface area contributed by atoms with Gasteiger partial charge < -0.3 is 4.90 Å². The lowest BCUT2D eigenvalue weighted by atomic mass is 9.70. The van der Waals surface area contributed by atoms with Crippen LogP contribution in [0.15, 0.2) is 224 Å². The van der Waals surface area contributed by atoms with Gasteiger partial charge in [-0.05, 0) is 114 Å². The molecule has 1 atom stereocenters. The molecule has 0 radical (unpaired) electrons. The van der Waals surface area contributed by atoms with Crippen molar-refractivity contribution in [2.24, 2.45) is 0 Å². The average Bonchev–Trinajstić information content (AvgIpc) is 3.77. The van der Waals surface area contributed by atoms with Crippen LogP contribution in [0.1, 0.15) is 22.3 Å². The molecule has 1 heteroatoms. The molecule has 2 aliphatic rings. The third-order valence-electron chi connectivity index (χ3n) is 11.9. The predicted molar refractivity (Wildman–Crippen MR) is 234 cm³/mol. The fraction of sp³-hybridized carbons (Fsp3) is 0.0182. The highest BCUT2D eigenvalue weighted by atomic mass is 15.1. The molecule has 56 heavy (non-hydrogen) atoms. The summed E-state index contributed by atoms with van der Waals surface area (Å²) >= 11 is 0. The van der Waals surface area contributed by atoms with E-state index in [4.69, 9.17) is 0 Å². The minimum atomic E-state index is -0.357. The van der Waals surface area contributed by atoms with Gasteiger partial charge in [-0.3, -0.25) is 0 Å². The van der Waals surface area contributed by atoms with Crippen LogP contribution in [0, 0.1) is 0 Å². The molecule has 0 heterocycles. The lowest BCUT2D eigenvalue weighted by molar-refractivity contribution is 0.792. The zero-order valence-electron chi connectivity index (χ0n) is 30.8. The van der Waals surface area contributed by atoms with Crippen molar-refractivity contribution in [1.29, 1.82) is 0 Å². The molecule has 0 aliphatic heterocycles. The van der Waals surface area contributed by atoms with Crippen LogP contribution < -0.4 is 4.90 Å². The Kier molecular flexibility index (Phi) is 7.47. The first-order chi connectivity index (χ1) is 27.8. The summed E-state index contributed by atoms with van der Waals surface area (Å²) in [4.78, 5) is 2.36. The molecule has 0 saturated heterocycles. The van der Waals surface area contributed by atoms with Gasteiger partial charge in [0.15, 0.2) is 0 Å². The molecule has 1 nitrogen and oxygen atoms in total. The zero-order chi connectivity index (χ0) is 37.1. The maximum absolute atomic E-state index is 2.37. The molecule has 0 bridgehead atoms. The maximum Gasteiger partial charge on any atom is 0.0725 e. The van der Waals surface area contributed by atoms with E-state index in [1.54, 1.807) is 0 Å². The highest BCUT2D eigenvalue weighted by Gasteiger charge is 2.52. The van der Waals surface area contributed by atoms with Gasteiger partial charge in [0.1, 0.15) is 0 Å². The van der Waals surface area contributed by atoms with Gasteiger partial charge in [0.2, 0.25) is 0 Å². The quantitative estimate of drug-likeness (QED) is 0.159. The number of hydrogen-bond donors (Lipinski definition) is 0. The van der Waals surface area contributed by atoms with Gasteiger partial charge in [0.05, 0.1) is 5.41 Å². The summed E-state index contributed by atoms with van der Waals surface area (Å²) < 4.78 is 0. The van der Waals surface area contributed by atoms with Crippen molar-refractivity contribution < 1.29 is 0 Å². The van der Waals surface area contributed by atoms with E-state index in [9.17, 15) is 0 Å². The van der Waals surface area contributed by atoms with Crippen molar-refractivity contribution in [3.63, 3.8) is 0 Å². The van der Waals surface area contributed by atoms with E-state index in [0.717, 1.165) is 17.1 Å². The highest BCUT2D eigenvalue weighted by molar-refractivity contribution is 6.03. The monoisotopic (exact) mass is 711 g/mol. The van der Waals surface area contributed by atoms with Gasteiger partial charge in [0.25, 0.3) is 0 Å². The Labute approximate surface area is 328 Å². The molecular formula is C55H37N. The summed E-state index contributed by atoms with van der Waals surface area (Å²) in [6.07, 6.45) is 0. The smallest absolute Gasteiger partial charge is 0.0725 e. The fourth-order valence-electron chi connectivity index (χ4n) is 9.49. The topological polar surface area (TPSA) is 3.24 Å². The van der Waals surface area contributed by atoms with Crippen LogP contribution in [0.5, 0.6) is 0 Å². The summed E-state index contributed by atoms with van der Waals surface area (Å²) in [5.41, 5.74) is 21.1. The minimum Gasteiger partial charge on any atom is -0.311 e. The van der Waals surface area contributed by atoms with Crippen molar-refractivity contribution in [2.45, 2.75) is 5.41 Å². The molecular weight excluding hydrogens is 675 g/mol. The van der Waals surface area contributed by atoms with Gasteiger partial charge in [0, 0.05) is 17.1 Å². The van der Waals surface area contributed by atoms with Crippen molar-refractivity contribution in [3.05, 3.63) is 247 Å². The van der Waals surface area contributed by atoms with E-state index >= 15 is 0 Å². The first-order valence-corrected chi connectivity index (χ1v) is 19.4. The molecule has 0 fully saturated rings. The number of benzene rings is 9. The van der Waals surface area contributed by atoms with Crippen molar-refractivity contribution >= 4 is 17.1 Å². The third-order valence-corrected chi connectivity index (χ3v) is 11.9. The normalized spacial score (nSPS) is 14.5. The van der Waals surface area contributed by atoms with E-state index in [1.165, 1.54) is 77.9 Å². The Morgan fingerprint density at radius 2 is 0.679 bits per heavy atom. The second-order valence-electron chi connectivity index (χ2n) is 14.8.